The first-order valence-corrected chi connectivity index (χ1v) is 8.64. The Balaban J connectivity index is 1.73. The van der Waals surface area contributed by atoms with Gasteiger partial charge in [-0.3, -0.25) is 0 Å². The van der Waals surface area contributed by atoms with E-state index in [0.29, 0.717) is 0 Å². The van der Waals surface area contributed by atoms with Gasteiger partial charge in [-0.15, -0.1) is 0 Å². The molecule has 0 amide bonds. The van der Waals surface area contributed by atoms with Gasteiger partial charge in [0.25, 0.3) is 0 Å². The first kappa shape index (κ1) is 14.4. The zero-order valence-corrected chi connectivity index (χ0v) is 13.2. The maximum Gasteiger partial charge on any atom is 0.163 e. The minimum atomic E-state index is 0.742. The number of fused-ring (bicyclic) bond motifs is 1. The van der Waals surface area contributed by atoms with E-state index in [1.54, 1.807) is 0 Å². The lowest BCUT2D eigenvalue weighted by molar-refractivity contribution is -0.465. The second-order valence-corrected chi connectivity index (χ2v) is 7.52. The molecule has 0 aromatic carbocycles. The highest BCUT2D eigenvalue weighted by Crippen LogP contribution is 2.43. The average Bonchev–Trinajstić information content (AvgIpc) is 2.42. The van der Waals surface area contributed by atoms with E-state index < -0.39 is 0 Å². The number of piperidine rings is 1. The van der Waals surface area contributed by atoms with Crippen LogP contribution in [0.3, 0.4) is 0 Å². The van der Waals surface area contributed by atoms with Crippen LogP contribution in [-0.4, -0.2) is 41.5 Å². The topological polar surface area (TPSA) is 29.3 Å². The number of hydroxylamine groups is 1. The third-order valence-electron chi connectivity index (χ3n) is 5.99. The van der Waals surface area contributed by atoms with Gasteiger partial charge in [-0.25, -0.2) is 4.74 Å². The van der Waals surface area contributed by atoms with Crippen molar-refractivity contribution in [1.29, 1.82) is 0 Å². The molecule has 114 valence electrons. The summed E-state index contributed by atoms with van der Waals surface area (Å²) in [6.45, 7) is 4.42. The molecule has 0 aromatic rings. The summed E-state index contributed by atoms with van der Waals surface area (Å²) in [6, 6.07) is 0.779. The molecule has 2 fully saturated rings. The molecule has 0 radical (unpaired) electrons. The lowest BCUT2D eigenvalue weighted by atomic mass is 9.66. The van der Waals surface area contributed by atoms with E-state index in [9.17, 15) is 5.21 Å². The van der Waals surface area contributed by atoms with Crippen LogP contribution in [0.15, 0.2) is 0 Å². The molecule has 3 nitrogen and oxygen atoms in total. The Labute approximate surface area is 123 Å². The lowest BCUT2D eigenvalue weighted by Crippen LogP contribution is -2.50. The fraction of sp³-hybridized carbons (Fsp3) is 0.941. The Morgan fingerprint density at radius 1 is 1.25 bits per heavy atom. The van der Waals surface area contributed by atoms with Gasteiger partial charge in [0.1, 0.15) is 0 Å². The van der Waals surface area contributed by atoms with Crippen LogP contribution in [0, 0.1) is 23.0 Å². The second-order valence-electron chi connectivity index (χ2n) is 7.52. The average molecular weight is 278 g/mol. The van der Waals surface area contributed by atoms with Gasteiger partial charge in [0.05, 0.1) is 0 Å². The third-order valence-corrected chi connectivity index (χ3v) is 5.99. The molecular weight excluding hydrogens is 248 g/mol. The highest BCUT2D eigenvalue weighted by atomic mass is 16.5. The second kappa shape index (κ2) is 6.05. The molecule has 3 heteroatoms. The molecule has 2 aliphatic heterocycles. The Hall–Kier alpha value is -0.570. The van der Waals surface area contributed by atoms with Crippen LogP contribution < -0.4 is 0 Å². The number of nitrogens with zero attached hydrogens (tertiary/aromatic N) is 2. The summed E-state index contributed by atoms with van der Waals surface area (Å²) in [7, 11) is 2.31. The maximum absolute atomic E-state index is 12.0. The summed E-state index contributed by atoms with van der Waals surface area (Å²) >= 11 is 0. The summed E-state index contributed by atoms with van der Waals surface area (Å²) in [5.41, 5.74) is 1.21. The molecule has 1 saturated carbocycles. The predicted octanol–water partition coefficient (Wildman–Crippen LogP) is 3.27. The fourth-order valence-corrected chi connectivity index (χ4v) is 4.97. The first-order chi connectivity index (χ1) is 9.65. The minimum Gasteiger partial charge on any atom is -0.624 e. The normalized spacial score (nSPS) is 39.7. The van der Waals surface area contributed by atoms with Crippen LogP contribution in [0.25, 0.3) is 0 Å². The Morgan fingerprint density at radius 3 is 2.90 bits per heavy atom. The molecule has 0 spiro atoms. The standard InChI is InChI=1S/C17H30N2O/c1-13-10-14(12-15-6-3-4-9-19(15)20)16-7-5-8-18(2)17(16)11-13/h13-14,16-17H,3-12H2,1-2H3. The van der Waals surface area contributed by atoms with E-state index in [-0.39, 0.29) is 0 Å². The van der Waals surface area contributed by atoms with Crippen molar-refractivity contribution >= 4 is 5.71 Å². The fourth-order valence-electron chi connectivity index (χ4n) is 4.97. The van der Waals surface area contributed by atoms with Gasteiger partial charge in [0.15, 0.2) is 12.3 Å². The Bertz CT molecular complexity index is 379. The zero-order chi connectivity index (χ0) is 14.1. The molecule has 4 atom stereocenters. The predicted molar refractivity (Wildman–Crippen MR) is 83.0 cm³/mol. The Kier molecular flexibility index (Phi) is 4.34. The molecule has 3 aliphatic rings. The molecule has 1 aliphatic carbocycles. The quantitative estimate of drug-likeness (QED) is 0.573. The van der Waals surface area contributed by atoms with Crippen molar-refractivity contribution in [3.63, 3.8) is 0 Å². The smallest absolute Gasteiger partial charge is 0.163 e. The van der Waals surface area contributed by atoms with Crippen molar-refractivity contribution in [1.82, 2.24) is 4.90 Å². The number of rotatable bonds is 2. The van der Waals surface area contributed by atoms with Crippen molar-refractivity contribution in [2.24, 2.45) is 17.8 Å². The van der Waals surface area contributed by atoms with Gasteiger partial charge in [-0.1, -0.05) is 6.92 Å². The number of likely N-dealkylation sites (tertiary alicyclic amines) is 1. The summed E-state index contributed by atoms with van der Waals surface area (Å²) in [5, 5.41) is 12.0. The molecule has 2 heterocycles. The van der Waals surface area contributed by atoms with Crippen molar-refractivity contribution in [3.05, 3.63) is 5.21 Å². The zero-order valence-electron chi connectivity index (χ0n) is 13.2. The summed E-state index contributed by atoms with van der Waals surface area (Å²) < 4.78 is 1.32. The SMILES string of the molecule is CC1CC(CC2=[N+]([O-])CCCC2)C2CCCN(C)C2C1. The summed E-state index contributed by atoms with van der Waals surface area (Å²) in [6.07, 6.45) is 9.90. The molecule has 3 rings (SSSR count). The van der Waals surface area contributed by atoms with Crippen LogP contribution in [0.4, 0.5) is 0 Å². The van der Waals surface area contributed by atoms with E-state index in [4.69, 9.17) is 0 Å². The van der Waals surface area contributed by atoms with E-state index in [2.05, 4.69) is 18.9 Å². The lowest BCUT2D eigenvalue weighted by Gasteiger charge is -2.48. The first-order valence-electron chi connectivity index (χ1n) is 8.64. The van der Waals surface area contributed by atoms with Crippen molar-refractivity contribution < 1.29 is 4.74 Å². The molecule has 0 aromatic heterocycles. The molecule has 4 unspecified atom stereocenters. The summed E-state index contributed by atoms with van der Waals surface area (Å²) in [5.74, 6) is 2.43. The van der Waals surface area contributed by atoms with E-state index in [0.717, 1.165) is 49.6 Å². The third kappa shape index (κ3) is 2.88. The maximum atomic E-state index is 12.0. The molecule has 20 heavy (non-hydrogen) atoms. The number of hydrogen-bond donors (Lipinski definition) is 0. The van der Waals surface area contributed by atoms with Gasteiger partial charge in [0.2, 0.25) is 0 Å². The van der Waals surface area contributed by atoms with Gasteiger partial charge >= 0.3 is 0 Å². The largest absolute Gasteiger partial charge is 0.624 e. The molecule has 1 saturated heterocycles. The van der Waals surface area contributed by atoms with Crippen LogP contribution in [-0.2, 0) is 0 Å². The number of hydrogen-bond acceptors (Lipinski definition) is 2. The van der Waals surface area contributed by atoms with Crippen LogP contribution in [0.1, 0.15) is 58.3 Å². The molecule has 0 N–H and O–H groups in total. The van der Waals surface area contributed by atoms with Gasteiger partial charge < -0.3 is 10.1 Å². The van der Waals surface area contributed by atoms with Crippen molar-refractivity contribution in [3.8, 4) is 0 Å². The van der Waals surface area contributed by atoms with Crippen LogP contribution >= 0.6 is 0 Å². The monoisotopic (exact) mass is 278 g/mol. The summed E-state index contributed by atoms with van der Waals surface area (Å²) in [4.78, 5) is 2.59. The van der Waals surface area contributed by atoms with Gasteiger partial charge in [-0.2, -0.15) is 0 Å². The highest BCUT2D eigenvalue weighted by molar-refractivity contribution is 5.80. The molecule has 0 bridgehead atoms. The van der Waals surface area contributed by atoms with E-state index in [1.165, 1.54) is 49.1 Å². The van der Waals surface area contributed by atoms with Crippen LogP contribution in [0.5, 0.6) is 0 Å². The van der Waals surface area contributed by atoms with Crippen molar-refractivity contribution in [2.75, 3.05) is 20.1 Å². The highest BCUT2D eigenvalue weighted by Gasteiger charge is 2.41. The van der Waals surface area contributed by atoms with Gasteiger partial charge in [0, 0.05) is 25.3 Å². The van der Waals surface area contributed by atoms with Crippen LogP contribution in [0.2, 0.25) is 0 Å². The Morgan fingerprint density at radius 2 is 2.10 bits per heavy atom. The van der Waals surface area contributed by atoms with Crippen molar-refractivity contribution in [2.45, 2.75) is 64.3 Å². The van der Waals surface area contributed by atoms with Gasteiger partial charge in [-0.05, 0) is 63.5 Å². The minimum absolute atomic E-state index is 0.742. The molecular formula is C17H30N2O. The van der Waals surface area contributed by atoms with E-state index in [1.807, 2.05) is 0 Å². The van der Waals surface area contributed by atoms with E-state index >= 15 is 0 Å².